The Bertz CT molecular complexity index is 484. The van der Waals surface area contributed by atoms with Crippen molar-refractivity contribution in [3.05, 3.63) is 24.3 Å². The summed E-state index contributed by atoms with van der Waals surface area (Å²) in [7, 11) is 2.30. The second-order valence-electron chi connectivity index (χ2n) is 11.8. The van der Waals surface area contributed by atoms with Crippen LogP contribution >= 0.6 is 23.5 Å². The maximum atomic E-state index is 2.53. The Morgan fingerprint density at radius 2 is 0.865 bits per heavy atom. The maximum Gasteiger partial charge on any atom is 0.0138 e. The van der Waals surface area contributed by atoms with Gasteiger partial charge in [-0.2, -0.15) is 23.5 Å². The van der Waals surface area contributed by atoms with Crippen LogP contribution < -0.4 is 0 Å². The van der Waals surface area contributed by atoms with Crippen molar-refractivity contribution in [3.8, 4) is 0 Å². The summed E-state index contributed by atoms with van der Waals surface area (Å²) in [4.78, 5) is 2.53. The molecule has 0 atom stereocenters. The number of nitrogens with zero attached hydrogens (tertiary/aromatic N) is 1. The predicted molar refractivity (Wildman–Crippen MR) is 177 cm³/mol. The number of hydrogen-bond donors (Lipinski definition) is 0. The Labute approximate surface area is 242 Å². The van der Waals surface area contributed by atoms with Gasteiger partial charge in [-0.25, -0.2) is 0 Å². The van der Waals surface area contributed by atoms with Crippen molar-refractivity contribution >= 4 is 23.5 Å². The zero-order chi connectivity index (χ0) is 26.7. The third-order valence-corrected chi connectivity index (χ3v) is 10.4. The summed E-state index contributed by atoms with van der Waals surface area (Å²) < 4.78 is 0. The van der Waals surface area contributed by atoms with Crippen LogP contribution in [-0.2, 0) is 0 Å². The van der Waals surface area contributed by atoms with Crippen molar-refractivity contribution in [3.63, 3.8) is 0 Å². The zero-order valence-electron chi connectivity index (χ0n) is 25.5. The van der Waals surface area contributed by atoms with Gasteiger partial charge in [0.05, 0.1) is 0 Å². The predicted octanol–water partition coefficient (Wildman–Crippen LogP) is 11.3. The molecule has 0 aliphatic carbocycles. The quantitative estimate of drug-likeness (QED) is 0.0703. The van der Waals surface area contributed by atoms with Gasteiger partial charge in [0.15, 0.2) is 0 Å². The molecule has 0 N–H and O–H groups in total. The minimum atomic E-state index is 0.610. The standard InChI is InChI=1S/C34H65NS2/c1-4-6-8-10-12-14-16-18-20-22-24-26-28-36-32-34(30-35(3)31-34)33-37-29-27-25-23-21-19-17-15-13-11-9-7-5-2/h10-13H,4-9,14-33H2,1-3H3/b12-10-,13-11-. The zero-order valence-corrected chi connectivity index (χ0v) is 27.1. The average molecular weight is 552 g/mol. The molecule has 1 aliphatic rings. The van der Waals surface area contributed by atoms with E-state index in [4.69, 9.17) is 0 Å². The van der Waals surface area contributed by atoms with Gasteiger partial charge in [-0.1, -0.05) is 115 Å². The van der Waals surface area contributed by atoms with E-state index in [1.165, 1.54) is 165 Å². The average Bonchev–Trinajstić information content (AvgIpc) is 2.88. The normalized spacial score (nSPS) is 15.8. The van der Waals surface area contributed by atoms with Crippen LogP contribution in [0.1, 0.15) is 142 Å². The molecule has 1 nitrogen and oxygen atoms in total. The molecule has 1 aliphatic heterocycles. The highest BCUT2D eigenvalue weighted by Crippen LogP contribution is 2.36. The van der Waals surface area contributed by atoms with Crippen LogP contribution in [0.3, 0.4) is 0 Å². The first-order chi connectivity index (χ1) is 18.2. The summed E-state index contributed by atoms with van der Waals surface area (Å²) in [6, 6.07) is 0. The van der Waals surface area contributed by atoms with Gasteiger partial charge in [0.1, 0.15) is 0 Å². The van der Waals surface area contributed by atoms with Crippen LogP contribution in [-0.4, -0.2) is 48.0 Å². The van der Waals surface area contributed by atoms with Gasteiger partial charge in [0.2, 0.25) is 0 Å². The molecule has 1 fully saturated rings. The molecule has 3 heteroatoms. The van der Waals surface area contributed by atoms with Crippen molar-refractivity contribution in [2.75, 3.05) is 43.1 Å². The number of allylic oxidation sites excluding steroid dienone is 4. The molecule has 1 rings (SSSR count). The molecule has 0 unspecified atom stereocenters. The topological polar surface area (TPSA) is 3.24 Å². The Hall–Kier alpha value is 0.140. The lowest BCUT2D eigenvalue weighted by molar-refractivity contribution is 0.0657. The molecule has 218 valence electrons. The summed E-state index contributed by atoms with van der Waals surface area (Å²) in [5.41, 5.74) is 0.610. The monoisotopic (exact) mass is 551 g/mol. The molecule has 0 aromatic carbocycles. The van der Waals surface area contributed by atoms with Crippen molar-refractivity contribution < 1.29 is 0 Å². The van der Waals surface area contributed by atoms with Crippen LogP contribution in [0.15, 0.2) is 24.3 Å². The van der Waals surface area contributed by atoms with Crippen molar-refractivity contribution in [1.82, 2.24) is 4.90 Å². The lowest BCUT2D eigenvalue weighted by Crippen LogP contribution is -2.57. The Balaban J connectivity index is 1.90. The summed E-state index contributed by atoms with van der Waals surface area (Å²) in [5.74, 6) is 5.54. The van der Waals surface area contributed by atoms with Crippen LogP contribution in [0.4, 0.5) is 0 Å². The van der Waals surface area contributed by atoms with E-state index in [0.29, 0.717) is 5.41 Å². The molecule has 0 radical (unpaired) electrons. The van der Waals surface area contributed by atoms with Crippen molar-refractivity contribution in [2.45, 2.75) is 142 Å². The molecule has 0 aromatic rings. The first-order valence-electron chi connectivity index (χ1n) is 16.4. The summed E-state index contributed by atoms with van der Waals surface area (Å²) in [6.07, 6.45) is 37.2. The lowest BCUT2D eigenvalue weighted by Gasteiger charge is -2.48. The number of rotatable bonds is 28. The van der Waals surface area contributed by atoms with E-state index in [1.807, 2.05) is 0 Å². The lowest BCUT2D eigenvalue weighted by atomic mass is 9.84. The highest BCUT2D eigenvalue weighted by atomic mass is 32.2. The molecular formula is C34H65NS2. The molecule has 0 amide bonds. The molecule has 0 bridgehead atoms. The molecule has 0 spiro atoms. The number of likely N-dealkylation sites (tertiary alicyclic amines) is 1. The highest BCUT2D eigenvalue weighted by molar-refractivity contribution is 8.00. The molecule has 0 saturated carbocycles. The Morgan fingerprint density at radius 1 is 0.514 bits per heavy atom. The van der Waals surface area contributed by atoms with Crippen molar-refractivity contribution in [2.24, 2.45) is 5.41 Å². The number of unbranched alkanes of at least 4 members (excludes halogenated alkanes) is 16. The summed E-state index contributed by atoms with van der Waals surface area (Å²) in [5, 5.41) is 0. The van der Waals surface area contributed by atoms with Crippen LogP contribution in [0.5, 0.6) is 0 Å². The molecule has 0 aromatic heterocycles. The van der Waals surface area contributed by atoms with E-state index in [2.05, 4.69) is 73.6 Å². The largest absolute Gasteiger partial charge is 0.305 e. The van der Waals surface area contributed by atoms with E-state index in [1.54, 1.807) is 0 Å². The van der Waals surface area contributed by atoms with E-state index in [9.17, 15) is 0 Å². The van der Waals surface area contributed by atoms with Crippen LogP contribution in [0.2, 0.25) is 0 Å². The van der Waals surface area contributed by atoms with E-state index in [0.717, 1.165) is 0 Å². The van der Waals surface area contributed by atoms with Crippen molar-refractivity contribution in [1.29, 1.82) is 0 Å². The van der Waals surface area contributed by atoms with Gasteiger partial charge < -0.3 is 4.90 Å². The second kappa shape index (κ2) is 26.4. The van der Waals surface area contributed by atoms with Crippen LogP contribution in [0.25, 0.3) is 0 Å². The van der Waals surface area contributed by atoms with Gasteiger partial charge in [0, 0.05) is 30.0 Å². The number of hydrogen-bond acceptors (Lipinski definition) is 3. The fourth-order valence-corrected chi connectivity index (χ4v) is 8.03. The van der Waals surface area contributed by atoms with Gasteiger partial charge in [-0.05, 0) is 69.9 Å². The first kappa shape index (κ1) is 35.2. The molecule has 1 heterocycles. The van der Waals surface area contributed by atoms with E-state index in [-0.39, 0.29) is 0 Å². The minimum Gasteiger partial charge on any atom is -0.305 e. The van der Waals surface area contributed by atoms with Gasteiger partial charge >= 0.3 is 0 Å². The highest BCUT2D eigenvalue weighted by Gasteiger charge is 2.40. The fraction of sp³-hybridized carbons (Fsp3) is 0.882. The van der Waals surface area contributed by atoms with E-state index < -0.39 is 0 Å². The second-order valence-corrected chi connectivity index (χ2v) is 14.0. The van der Waals surface area contributed by atoms with Gasteiger partial charge in [0.25, 0.3) is 0 Å². The first-order valence-corrected chi connectivity index (χ1v) is 18.7. The smallest absolute Gasteiger partial charge is 0.0138 e. The third-order valence-electron chi connectivity index (χ3n) is 7.63. The number of thioether (sulfide) groups is 2. The van der Waals surface area contributed by atoms with Gasteiger partial charge in [-0.15, -0.1) is 0 Å². The van der Waals surface area contributed by atoms with E-state index >= 15 is 0 Å². The Morgan fingerprint density at radius 3 is 1.24 bits per heavy atom. The SMILES string of the molecule is CCCC/C=C\CCCCCCCCSCC1(CSCCCCCCCC/C=C\CCCC)CN(C)C1. The molecular weight excluding hydrogens is 487 g/mol. The maximum absolute atomic E-state index is 2.53. The summed E-state index contributed by atoms with van der Waals surface area (Å²) in [6.45, 7) is 7.20. The fourth-order valence-electron chi connectivity index (χ4n) is 5.36. The molecule has 1 saturated heterocycles. The molecule has 37 heavy (non-hydrogen) atoms. The third kappa shape index (κ3) is 21.6. The van der Waals surface area contributed by atoms with Crippen LogP contribution in [0, 0.1) is 5.41 Å². The minimum absolute atomic E-state index is 0.610. The van der Waals surface area contributed by atoms with Gasteiger partial charge in [-0.3, -0.25) is 0 Å². The summed E-state index contributed by atoms with van der Waals surface area (Å²) >= 11 is 4.50. The Kier molecular flexibility index (Phi) is 25.1.